The number of nitrogens with two attached hydrogens (primary N) is 1. The third-order valence-corrected chi connectivity index (χ3v) is 5.13. The van der Waals surface area contributed by atoms with E-state index in [0.29, 0.717) is 29.7 Å². The molecule has 1 fully saturated rings. The van der Waals surface area contributed by atoms with E-state index in [0.717, 1.165) is 0 Å². The minimum Gasteiger partial charge on any atom is -0.383 e. The fraction of sp³-hybridized carbons (Fsp3) is 0.421. The molecule has 9 heteroatoms. The summed E-state index contributed by atoms with van der Waals surface area (Å²) in [5.74, 6) is -2.85. The Balaban J connectivity index is 1.41. The summed E-state index contributed by atoms with van der Waals surface area (Å²) < 4.78 is 50.1. The summed E-state index contributed by atoms with van der Waals surface area (Å²) in [6.45, 7) is -0.846. The predicted octanol–water partition coefficient (Wildman–Crippen LogP) is 3.65. The third-order valence-electron chi connectivity index (χ3n) is 5.13. The maximum atomic E-state index is 14.7. The van der Waals surface area contributed by atoms with Gasteiger partial charge in [0.25, 0.3) is 5.92 Å². The molecule has 0 aliphatic heterocycles. The van der Waals surface area contributed by atoms with Crippen LogP contribution in [0.25, 0.3) is 11.0 Å². The highest BCUT2D eigenvalue weighted by atomic mass is 19.3. The molecule has 0 saturated heterocycles. The van der Waals surface area contributed by atoms with Gasteiger partial charge in [-0.2, -0.15) is 13.9 Å². The number of aromatic nitrogens is 4. The quantitative estimate of drug-likeness (QED) is 0.718. The van der Waals surface area contributed by atoms with Crippen LogP contribution in [0.4, 0.5) is 19.0 Å². The Hall–Kier alpha value is -2.68. The van der Waals surface area contributed by atoms with Crippen LogP contribution in [0.1, 0.15) is 30.9 Å². The van der Waals surface area contributed by atoms with Crippen LogP contribution in [0, 0.1) is 0 Å². The lowest BCUT2D eigenvalue weighted by molar-refractivity contribution is -0.128. The molecule has 1 aliphatic rings. The SMILES string of the molecule is Nc1ncnc2c1cnn2C1CCC(OCC(F)(F)c2ccccc2)C(F)C1. The second kappa shape index (κ2) is 7.38. The average molecular weight is 391 g/mol. The lowest BCUT2D eigenvalue weighted by Gasteiger charge is -2.32. The van der Waals surface area contributed by atoms with Gasteiger partial charge in [-0.15, -0.1) is 0 Å². The lowest BCUT2D eigenvalue weighted by atomic mass is 9.91. The second-order valence-electron chi connectivity index (χ2n) is 6.99. The normalized spacial score (nSPS) is 23.2. The van der Waals surface area contributed by atoms with E-state index in [2.05, 4.69) is 15.1 Å². The van der Waals surface area contributed by atoms with Gasteiger partial charge in [-0.1, -0.05) is 30.3 Å². The van der Waals surface area contributed by atoms with Gasteiger partial charge in [0.05, 0.1) is 23.7 Å². The highest BCUT2D eigenvalue weighted by Gasteiger charge is 2.38. The minimum atomic E-state index is -3.16. The van der Waals surface area contributed by atoms with Crippen molar-refractivity contribution in [2.75, 3.05) is 12.3 Å². The molecular formula is C19H20F3N5O. The van der Waals surface area contributed by atoms with Gasteiger partial charge in [0.15, 0.2) is 5.65 Å². The smallest absolute Gasteiger partial charge is 0.296 e. The fourth-order valence-corrected chi connectivity index (χ4v) is 3.60. The molecule has 2 N–H and O–H groups in total. The predicted molar refractivity (Wildman–Crippen MR) is 97.6 cm³/mol. The van der Waals surface area contributed by atoms with Gasteiger partial charge in [-0.25, -0.2) is 19.0 Å². The zero-order valence-corrected chi connectivity index (χ0v) is 15.0. The Kier molecular flexibility index (Phi) is 4.92. The first-order valence-corrected chi connectivity index (χ1v) is 9.08. The summed E-state index contributed by atoms with van der Waals surface area (Å²) in [6, 6.07) is 7.18. The Bertz CT molecular complexity index is 949. The standard InChI is InChI=1S/C19H20F3N5O/c20-15-8-13(27-18-14(9-26-27)17(23)24-11-25-18)6-7-16(15)28-10-19(21,22)12-4-2-1-3-5-12/h1-5,9,11,13,15-16H,6-8,10H2,(H2,23,24,25). The highest BCUT2D eigenvalue weighted by molar-refractivity contribution is 5.84. The molecule has 0 spiro atoms. The van der Waals surface area contributed by atoms with Crippen molar-refractivity contribution in [2.24, 2.45) is 0 Å². The summed E-state index contributed by atoms with van der Waals surface area (Å²) >= 11 is 0. The summed E-state index contributed by atoms with van der Waals surface area (Å²) in [6.07, 6.45) is 1.63. The minimum absolute atomic E-state index is 0.113. The maximum absolute atomic E-state index is 14.7. The molecule has 1 aliphatic carbocycles. The van der Waals surface area contributed by atoms with Crippen LogP contribution >= 0.6 is 0 Å². The van der Waals surface area contributed by atoms with E-state index in [-0.39, 0.29) is 18.0 Å². The van der Waals surface area contributed by atoms with Gasteiger partial charge in [0.1, 0.15) is 24.9 Å². The molecule has 0 amide bonds. The number of hydrogen-bond donors (Lipinski definition) is 1. The molecule has 4 rings (SSSR count). The van der Waals surface area contributed by atoms with E-state index >= 15 is 0 Å². The molecule has 28 heavy (non-hydrogen) atoms. The van der Waals surface area contributed by atoms with E-state index in [1.807, 2.05) is 0 Å². The van der Waals surface area contributed by atoms with Crippen LogP contribution in [-0.4, -0.2) is 38.6 Å². The molecule has 2 aromatic heterocycles. The Morgan fingerprint density at radius 1 is 1.18 bits per heavy atom. The van der Waals surface area contributed by atoms with Gasteiger partial charge < -0.3 is 10.5 Å². The number of alkyl halides is 3. The van der Waals surface area contributed by atoms with Crippen LogP contribution in [0.3, 0.4) is 0 Å². The lowest BCUT2D eigenvalue weighted by Crippen LogP contribution is -2.37. The number of fused-ring (bicyclic) bond motifs is 1. The molecular weight excluding hydrogens is 371 g/mol. The second-order valence-corrected chi connectivity index (χ2v) is 6.99. The number of halogens is 3. The molecule has 148 valence electrons. The number of hydrogen-bond acceptors (Lipinski definition) is 5. The van der Waals surface area contributed by atoms with Crippen molar-refractivity contribution < 1.29 is 17.9 Å². The van der Waals surface area contributed by atoms with Crippen molar-refractivity contribution in [3.63, 3.8) is 0 Å². The molecule has 2 heterocycles. The number of benzene rings is 1. The molecule has 1 saturated carbocycles. The van der Waals surface area contributed by atoms with Crippen LogP contribution in [-0.2, 0) is 10.7 Å². The summed E-state index contributed by atoms with van der Waals surface area (Å²) in [5, 5.41) is 4.88. The molecule has 3 aromatic rings. The van der Waals surface area contributed by atoms with E-state index in [1.165, 1.54) is 30.6 Å². The molecule has 3 unspecified atom stereocenters. The fourth-order valence-electron chi connectivity index (χ4n) is 3.60. The van der Waals surface area contributed by atoms with Gasteiger partial charge in [-0.3, -0.25) is 0 Å². The summed E-state index contributed by atoms with van der Waals surface area (Å²) in [5.41, 5.74) is 6.21. The molecule has 6 nitrogen and oxygen atoms in total. The van der Waals surface area contributed by atoms with Crippen LogP contribution in [0.15, 0.2) is 42.9 Å². The molecule has 1 aromatic carbocycles. The van der Waals surface area contributed by atoms with E-state index in [9.17, 15) is 13.2 Å². The number of rotatable bonds is 5. The van der Waals surface area contributed by atoms with E-state index in [4.69, 9.17) is 10.5 Å². The van der Waals surface area contributed by atoms with Crippen molar-refractivity contribution in [3.8, 4) is 0 Å². The number of nitrogens with zero attached hydrogens (tertiary/aromatic N) is 4. The Labute approximate surface area is 159 Å². The zero-order valence-electron chi connectivity index (χ0n) is 15.0. The summed E-state index contributed by atoms with van der Waals surface area (Å²) in [4.78, 5) is 8.09. The van der Waals surface area contributed by atoms with Gasteiger partial charge in [-0.05, 0) is 12.8 Å². The monoisotopic (exact) mass is 391 g/mol. The van der Waals surface area contributed by atoms with Crippen LogP contribution in [0.2, 0.25) is 0 Å². The van der Waals surface area contributed by atoms with Crippen molar-refractivity contribution in [1.29, 1.82) is 0 Å². The maximum Gasteiger partial charge on any atom is 0.296 e. The first kappa shape index (κ1) is 18.7. The third kappa shape index (κ3) is 3.54. The number of anilines is 1. The first-order valence-electron chi connectivity index (χ1n) is 9.08. The Morgan fingerprint density at radius 3 is 2.71 bits per heavy atom. The number of nitrogen functional groups attached to an aromatic ring is 1. The number of ether oxygens (including phenoxy) is 1. The topological polar surface area (TPSA) is 78.9 Å². The zero-order chi connectivity index (χ0) is 19.7. The Morgan fingerprint density at radius 2 is 1.96 bits per heavy atom. The molecule has 0 bridgehead atoms. The summed E-state index contributed by atoms with van der Waals surface area (Å²) in [7, 11) is 0. The van der Waals surface area contributed by atoms with Crippen molar-refractivity contribution in [3.05, 3.63) is 48.4 Å². The van der Waals surface area contributed by atoms with Crippen LogP contribution in [0.5, 0.6) is 0 Å². The van der Waals surface area contributed by atoms with Gasteiger partial charge in [0.2, 0.25) is 0 Å². The largest absolute Gasteiger partial charge is 0.383 e. The van der Waals surface area contributed by atoms with Crippen molar-refractivity contribution >= 4 is 16.9 Å². The van der Waals surface area contributed by atoms with Crippen molar-refractivity contribution in [1.82, 2.24) is 19.7 Å². The van der Waals surface area contributed by atoms with E-state index < -0.39 is 24.8 Å². The highest BCUT2D eigenvalue weighted by Crippen LogP contribution is 2.35. The van der Waals surface area contributed by atoms with Gasteiger partial charge >= 0.3 is 0 Å². The molecule has 3 atom stereocenters. The van der Waals surface area contributed by atoms with Gasteiger partial charge in [0, 0.05) is 12.0 Å². The molecule has 0 radical (unpaired) electrons. The van der Waals surface area contributed by atoms with E-state index in [1.54, 1.807) is 16.9 Å². The average Bonchev–Trinajstić information content (AvgIpc) is 3.13. The van der Waals surface area contributed by atoms with Crippen LogP contribution < -0.4 is 5.73 Å². The van der Waals surface area contributed by atoms with Crippen molar-refractivity contribution in [2.45, 2.75) is 43.5 Å². The first-order chi connectivity index (χ1) is 13.5.